The fourth-order valence-electron chi connectivity index (χ4n) is 3.42. The van der Waals surface area contributed by atoms with Crippen LogP contribution in [0.1, 0.15) is 52.9 Å². The summed E-state index contributed by atoms with van der Waals surface area (Å²) in [6, 6.07) is 1.19. The van der Waals surface area contributed by atoms with Gasteiger partial charge in [0.15, 0.2) is 5.96 Å². The molecule has 0 bridgehead atoms. The summed E-state index contributed by atoms with van der Waals surface area (Å²) >= 11 is 0. The van der Waals surface area contributed by atoms with Crippen molar-refractivity contribution in [3.8, 4) is 0 Å². The first-order valence-corrected chi connectivity index (χ1v) is 10.2. The van der Waals surface area contributed by atoms with E-state index in [0.29, 0.717) is 18.2 Å². The van der Waals surface area contributed by atoms with Gasteiger partial charge < -0.3 is 25.0 Å². The van der Waals surface area contributed by atoms with E-state index >= 15 is 0 Å². The summed E-state index contributed by atoms with van der Waals surface area (Å²) in [6.45, 7) is 13.2. The number of piperidine rings is 1. The van der Waals surface area contributed by atoms with Crippen LogP contribution in [0.5, 0.6) is 0 Å². The number of aliphatic imine (C=N–C) groups is 1. The van der Waals surface area contributed by atoms with Crippen molar-refractivity contribution in [3.05, 3.63) is 0 Å². The van der Waals surface area contributed by atoms with Crippen molar-refractivity contribution < 1.29 is 9.47 Å². The van der Waals surface area contributed by atoms with Crippen LogP contribution in [0, 0.1) is 0 Å². The quantitative estimate of drug-likeness (QED) is 0.241. The molecule has 0 aromatic rings. The Morgan fingerprint density at radius 3 is 2.50 bits per heavy atom. The van der Waals surface area contributed by atoms with Crippen molar-refractivity contribution in [1.82, 2.24) is 15.5 Å². The zero-order valence-electron chi connectivity index (χ0n) is 16.8. The van der Waals surface area contributed by atoms with Crippen LogP contribution in [-0.4, -0.2) is 75.0 Å². The predicted molar refractivity (Wildman–Crippen MR) is 119 cm³/mol. The van der Waals surface area contributed by atoms with Crippen LogP contribution in [-0.2, 0) is 9.47 Å². The molecule has 154 valence electrons. The highest BCUT2D eigenvalue weighted by Crippen LogP contribution is 2.13. The molecule has 0 atom stereocenters. The van der Waals surface area contributed by atoms with Crippen molar-refractivity contribution in [2.75, 3.05) is 46.0 Å². The van der Waals surface area contributed by atoms with Gasteiger partial charge in [0.1, 0.15) is 0 Å². The van der Waals surface area contributed by atoms with E-state index in [-0.39, 0.29) is 24.0 Å². The van der Waals surface area contributed by atoms with Crippen LogP contribution in [0.2, 0.25) is 0 Å². The van der Waals surface area contributed by atoms with Crippen LogP contribution >= 0.6 is 24.0 Å². The molecule has 2 fully saturated rings. The van der Waals surface area contributed by atoms with Gasteiger partial charge in [0.2, 0.25) is 0 Å². The average molecular weight is 482 g/mol. The molecule has 0 aromatic heterocycles. The first-order valence-electron chi connectivity index (χ1n) is 10.2. The molecule has 2 saturated heterocycles. The monoisotopic (exact) mass is 482 g/mol. The maximum Gasteiger partial charge on any atom is 0.191 e. The zero-order chi connectivity index (χ0) is 17.9. The fourth-order valence-corrected chi connectivity index (χ4v) is 3.42. The molecule has 0 spiro atoms. The van der Waals surface area contributed by atoms with E-state index in [9.17, 15) is 0 Å². The molecule has 0 radical (unpaired) electrons. The normalized spacial score (nSPS) is 20.8. The molecule has 0 saturated carbocycles. The smallest absolute Gasteiger partial charge is 0.191 e. The minimum absolute atomic E-state index is 0. The van der Waals surface area contributed by atoms with E-state index in [4.69, 9.17) is 14.5 Å². The summed E-state index contributed by atoms with van der Waals surface area (Å²) in [6.07, 6.45) is 5.80. The molecule has 0 aromatic carbocycles. The Bertz CT molecular complexity index is 382. The highest BCUT2D eigenvalue weighted by Gasteiger charge is 2.21. The third kappa shape index (κ3) is 9.19. The number of hydrogen-bond acceptors (Lipinski definition) is 4. The lowest BCUT2D eigenvalue weighted by Gasteiger charge is -2.35. The lowest BCUT2D eigenvalue weighted by atomic mass is 10.0. The number of guanidine groups is 1. The molecule has 0 aliphatic carbocycles. The molecule has 6 nitrogen and oxygen atoms in total. The minimum atomic E-state index is 0. The number of halogens is 1. The van der Waals surface area contributed by atoms with Crippen LogP contribution < -0.4 is 10.6 Å². The van der Waals surface area contributed by atoms with Gasteiger partial charge in [-0.3, -0.25) is 4.99 Å². The summed E-state index contributed by atoms with van der Waals surface area (Å²) < 4.78 is 11.3. The first kappa shape index (κ1) is 23.9. The predicted octanol–water partition coefficient (Wildman–Crippen LogP) is 2.62. The van der Waals surface area contributed by atoms with Crippen LogP contribution in [0.15, 0.2) is 4.99 Å². The molecular formula is C19H39IN4O2. The second-order valence-electron chi connectivity index (χ2n) is 7.35. The average Bonchev–Trinajstić information content (AvgIpc) is 2.63. The number of nitrogens with zero attached hydrogens (tertiary/aromatic N) is 2. The molecule has 7 heteroatoms. The molecule has 26 heavy (non-hydrogen) atoms. The van der Waals surface area contributed by atoms with E-state index in [1.54, 1.807) is 0 Å². The minimum Gasteiger partial charge on any atom is -0.381 e. The number of likely N-dealkylation sites (tertiary alicyclic amines) is 1. The summed E-state index contributed by atoms with van der Waals surface area (Å²) in [7, 11) is 0. The summed E-state index contributed by atoms with van der Waals surface area (Å²) in [5, 5.41) is 6.98. The first-order chi connectivity index (χ1) is 12.2. The second kappa shape index (κ2) is 14.0. The molecule has 2 rings (SSSR count). The molecule has 2 aliphatic rings. The van der Waals surface area contributed by atoms with Crippen molar-refractivity contribution >= 4 is 29.9 Å². The zero-order valence-corrected chi connectivity index (χ0v) is 19.2. The molecular weight excluding hydrogens is 443 g/mol. The standard InChI is InChI=1S/C19H38N4O2.HI/c1-4-20-19(22-17-6-11-23(12-7-17)16(2)3)21-10-5-13-25-18-8-14-24-15-9-18;/h16-18H,4-15H2,1-3H3,(H2,20,21,22);1H. The maximum atomic E-state index is 5.91. The Hall–Kier alpha value is -0.120. The van der Waals surface area contributed by atoms with Gasteiger partial charge in [-0.1, -0.05) is 0 Å². The number of rotatable bonds is 8. The fraction of sp³-hybridized carbons (Fsp3) is 0.947. The summed E-state index contributed by atoms with van der Waals surface area (Å²) in [5.74, 6) is 0.955. The molecule has 0 amide bonds. The van der Waals surface area contributed by atoms with Gasteiger partial charge in [0, 0.05) is 58.1 Å². The lowest BCUT2D eigenvalue weighted by Crippen LogP contribution is -2.49. The Labute approximate surface area is 176 Å². The van der Waals surface area contributed by atoms with Crippen LogP contribution in [0.4, 0.5) is 0 Å². The second-order valence-corrected chi connectivity index (χ2v) is 7.35. The maximum absolute atomic E-state index is 5.91. The van der Waals surface area contributed by atoms with Crippen LogP contribution in [0.3, 0.4) is 0 Å². The topological polar surface area (TPSA) is 58.1 Å². The number of hydrogen-bond donors (Lipinski definition) is 2. The molecule has 2 N–H and O–H groups in total. The van der Waals surface area contributed by atoms with Crippen molar-refractivity contribution in [2.45, 2.75) is 71.1 Å². The Morgan fingerprint density at radius 1 is 1.19 bits per heavy atom. The molecule has 0 unspecified atom stereocenters. The Balaban J connectivity index is 0.00000338. The Kier molecular flexibility index (Phi) is 12.8. The van der Waals surface area contributed by atoms with Gasteiger partial charge in [-0.15, -0.1) is 24.0 Å². The Morgan fingerprint density at radius 2 is 1.88 bits per heavy atom. The van der Waals surface area contributed by atoms with Gasteiger partial charge in [0.25, 0.3) is 0 Å². The van der Waals surface area contributed by atoms with E-state index in [2.05, 4.69) is 36.3 Å². The number of ether oxygens (including phenoxy) is 2. The third-order valence-electron chi connectivity index (χ3n) is 5.04. The van der Waals surface area contributed by atoms with Crippen LogP contribution in [0.25, 0.3) is 0 Å². The SMILES string of the molecule is CCNC(=NCCCOC1CCOCC1)NC1CCN(C(C)C)CC1.I. The van der Waals surface area contributed by atoms with Gasteiger partial charge >= 0.3 is 0 Å². The van der Waals surface area contributed by atoms with E-state index < -0.39 is 0 Å². The highest BCUT2D eigenvalue weighted by atomic mass is 127. The van der Waals surface area contributed by atoms with Crippen molar-refractivity contribution in [2.24, 2.45) is 4.99 Å². The number of nitrogens with one attached hydrogen (secondary N) is 2. The third-order valence-corrected chi connectivity index (χ3v) is 5.04. The summed E-state index contributed by atoms with van der Waals surface area (Å²) in [4.78, 5) is 7.27. The lowest BCUT2D eigenvalue weighted by molar-refractivity contribution is -0.0318. The van der Waals surface area contributed by atoms with Crippen molar-refractivity contribution in [1.29, 1.82) is 0 Å². The van der Waals surface area contributed by atoms with Gasteiger partial charge in [-0.05, 0) is 52.9 Å². The largest absolute Gasteiger partial charge is 0.381 e. The van der Waals surface area contributed by atoms with Crippen molar-refractivity contribution in [3.63, 3.8) is 0 Å². The summed E-state index contributed by atoms with van der Waals surface area (Å²) in [5.41, 5.74) is 0. The highest BCUT2D eigenvalue weighted by molar-refractivity contribution is 14.0. The van der Waals surface area contributed by atoms with Gasteiger partial charge in [-0.25, -0.2) is 0 Å². The van der Waals surface area contributed by atoms with E-state index in [1.165, 1.54) is 25.9 Å². The van der Waals surface area contributed by atoms with E-state index in [0.717, 1.165) is 58.1 Å². The van der Waals surface area contributed by atoms with E-state index in [1.807, 2.05) is 0 Å². The molecule has 2 heterocycles. The molecule has 2 aliphatic heterocycles. The van der Waals surface area contributed by atoms with Gasteiger partial charge in [-0.2, -0.15) is 0 Å². The van der Waals surface area contributed by atoms with Gasteiger partial charge in [0.05, 0.1) is 6.10 Å².